The first-order chi connectivity index (χ1) is 8.84. The van der Waals surface area contributed by atoms with Crippen LogP contribution in [0.5, 0.6) is 0 Å². The van der Waals surface area contributed by atoms with Crippen molar-refractivity contribution in [3.05, 3.63) is 29.8 Å². The minimum Gasteiger partial charge on any atom is -0.385 e. The second-order valence-electron chi connectivity index (χ2n) is 4.47. The van der Waals surface area contributed by atoms with Gasteiger partial charge in [0.1, 0.15) is 0 Å². The molecule has 0 spiro atoms. The lowest BCUT2D eigenvalue weighted by Gasteiger charge is -2.10. The number of benzene rings is 1. The molecule has 0 saturated carbocycles. The van der Waals surface area contributed by atoms with Crippen LogP contribution in [0.15, 0.2) is 29.2 Å². The van der Waals surface area contributed by atoms with Gasteiger partial charge >= 0.3 is 0 Å². The molecule has 1 atom stereocenters. The molecule has 0 amide bonds. The van der Waals surface area contributed by atoms with Crippen molar-refractivity contribution in [2.75, 3.05) is 20.0 Å². The Morgan fingerprint density at radius 3 is 2.37 bits per heavy atom. The summed E-state index contributed by atoms with van der Waals surface area (Å²) in [5, 5.41) is 0. The molecule has 0 heterocycles. The number of ketones is 1. The fourth-order valence-electron chi connectivity index (χ4n) is 1.62. The lowest BCUT2D eigenvalue weighted by molar-refractivity contribution is 0.0967. The Kier molecular flexibility index (Phi) is 5.65. The Bertz CT molecular complexity index is 522. The molecule has 1 rings (SSSR count). The normalized spacial score (nSPS) is 13.2. The first-order valence-electron chi connectivity index (χ1n) is 5.92. The quantitative estimate of drug-likeness (QED) is 0.756. The predicted molar refractivity (Wildman–Crippen MR) is 73.0 cm³/mol. The van der Waals surface area contributed by atoms with Crippen LogP contribution < -0.4 is 5.73 Å². The third-order valence-corrected chi connectivity index (χ3v) is 3.87. The zero-order valence-corrected chi connectivity index (χ0v) is 11.9. The number of carbonyl (C=O) groups excluding carboxylic acids is 1. The fraction of sp³-hybridized carbons (Fsp3) is 0.462. The van der Waals surface area contributed by atoms with E-state index < -0.39 is 9.84 Å². The van der Waals surface area contributed by atoms with E-state index in [9.17, 15) is 13.2 Å². The second kappa shape index (κ2) is 6.79. The van der Waals surface area contributed by atoms with Gasteiger partial charge in [-0.3, -0.25) is 4.79 Å². The number of rotatable bonds is 7. The van der Waals surface area contributed by atoms with Crippen LogP contribution in [-0.4, -0.2) is 40.2 Å². The van der Waals surface area contributed by atoms with E-state index in [0.717, 1.165) is 6.26 Å². The van der Waals surface area contributed by atoms with Gasteiger partial charge in [0.15, 0.2) is 15.6 Å². The van der Waals surface area contributed by atoms with E-state index in [1.807, 2.05) is 0 Å². The molecule has 1 unspecified atom stereocenters. The van der Waals surface area contributed by atoms with E-state index in [2.05, 4.69) is 0 Å². The van der Waals surface area contributed by atoms with Gasteiger partial charge in [-0.05, 0) is 18.6 Å². The van der Waals surface area contributed by atoms with E-state index in [-0.39, 0.29) is 23.1 Å². The Labute approximate surface area is 113 Å². The molecule has 0 radical (unpaired) electrons. The van der Waals surface area contributed by atoms with Crippen LogP contribution in [0.2, 0.25) is 0 Å². The van der Waals surface area contributed by atoms with Gasteiger partial charge in [-0.1, -0.05) is 12.1 Å². The van der Waals surface area contributed by atoms with Gasteiger partial charge in [0.05, 0.1) is 4.90 Å². The summed E-state index contributed by atoms with van der Waals surface area (Å²) in [6.07, 6.45) is 1.97. The molecule has 0 fully saturated rings. The molecule has 0 aliphatic heterocycles. The summed E-state index contributed by atoms with van der Waals surface area (Å²) in [5.74, 6) is -0.0938. The first kappa shape index (κ1) is 15.8. The molecule has 19 heavy (non-hydrogen) atoms. The first-order valence-corrected chi connectivity index (χ1v) is 7.81. The monoisotopic (exact) mass is 285 g/mol. The van der Waals surface area contributed by atoms with Crippen LogP contribution in [0, 0.1) is 0 Å². The summed E-state index contributed by atoms with van der Waals surface area (Å²) < 4.78 is 27.5. The lowest BCUT2D eigenvalue weighted by atomic mass is 10.0. The Balaban J connectivity index is 2.68. The number of sulfone groups is 1. The van der Waals surface area contributed by atoms with Gasteiger partial charge in [0, 0.05) is 38.0 Å². The minimum absolute atomic E-state index is 0.0938. The molecule has 6 heteroatoms. The van der Waals surface area contributed by atoms with E-state index in [0.29, 0.717) is 18.6 Å². The Morgan fingerprint density at radius 1 is 1.32 bits per heavy atom. The summed E-state index contributed by atoms with van der Waals surface area (Å²) >= 11 is 0. The highest BCUT2D eigenvalue weighted by Gasteiger charge is 2.13. The highest BCUT2D eigenvalue weighted by atomic mass is 32.2. The molecule has 0 bridgehead atoms. The molecule has 0 aliphatic carbocycles. The average Bonchev–Trinajstić information content (AvgIpc) is 2.35. The van der Waals surface area contributed by atoms with Gasteiger partial charge in [0.25, 0.3) is 0 Å². The summed E-state index contributed by atoms with van der Waals surface area (Å²) in [6.45, 7) is 0.515. The molecule has 0 saturated heterocycles. The van der Waals surface area contributed by atoms with Crippen molar-refractivity contribution in [1.29, 1.82) is 0 Å². The van der Waals surface area contributed by atoms with Crippen LogP contribution in [0.25, 0.3) is 0 Å². The summed E-state index contributed by atoms with van der Waals surface area (Å²) in [6, 6.07) is 5.65. The highest BCUT2D eigenvalue weighted by Crippen LogP contribution is 2.12. The van der Waals surface area contributed by atoms with Crippen LogP contribution in [0.3, 0.4) is 0 Å². The van der Waals surface area contributed by atoms with E-state index in [4.69, 9.17) is 10.5 Å². The Hall–Kier alpha value is -1.24. The fourth-order valence-corrected chi connectivity index (χ4v) is 2.25. The van der Waals surface area contributed by atoms with Crippen LogP contribution in [0.1, 0.15) is 23.2 Å². The molecule has 0 aliphatic rings. The number of nitrogens with two attached hydrogens (primary N) is 1. The van der Waals surface area contributed by atoms with E-state index in [1.165, 1.54) is 24.3 Å². The van der Waals surface area contributed by atoms with Gasteiger partial charge in [-0.25, -0.2) is 8.42 Å². The van der Waals surface area contributed by atoms with Crippen molar-refractivity contribution in [3.8, 4) is 0 Å². The van der Waals surface area contributed by atoms with E-state index >= 15 is 0 Å². The van der Waals surface area contributed by atoms with Crippen molar-refractivity contribution < 1.29 is 17.9 Å². The minimum atomic E-state index is -3.23. The third kappa shape index (κ3) is 5.10. The maximum atomic E-state index is 11.9. The van der Waals surface area contributed by atoms with Crippen molar-refractivity contribution in [2.45, 2.75) is 23.8 Å². The number of ether oxygens (including phenoxy) is 1. The summed E-state index contributed by atoms with van der Waals surface area (Å²) in [4.78, 5) is 12.1. The second-order valence-corrected chi connectivity index (χ2v) is 6.48. The molecule has 106 valence electrons. The van der Waals surface area contributed by atoms with Crippen molar-refractivity contribution >= 4 is 15.6 Å². The van der Waals surface area contributed by atoms with Gasteiger partial charge in [-0.2, -0.15) is 0 Å². The largest absolute Gasteiger partial charge is 0.385 e. The van der Waals surface area contributed by atoms with Crippen molar-refractivity contribution in [3.63, 3.8) is 0 Å². The van der Waals surface area contributed by atoms with Crippen LogP contribution in [0.4, 0.5) is 0 Å². The maximum absolute atomic E-state index is 11.9. The number of hydrogen-bond acceptors (Lipinski definition) is 5. The number of carbonyl (C=O) groups is 1. The number of methoxy groups -OCH3 is 1. The topological polar surface area (TPSA) is 86.5 Å². The Morgan fingerprint density at radius 2 is 1.89 bits per heavy atom. The zero-order chi connectivity index (χ0) is 14.5. The smallest absolute Gasteiger partial charge is 0.175 e. The van der Waals surface area contributed by atoms with Gasteiger partial charge < -0.3 is 10.5 Å². The molecular weight excluding hydrogens is 266 g/mol. The van der Waals surface area contributed by atoms with Crippen molar-refractivity contribution in [2.24, 2.45) is 5.73 Å². The molecule has 0 aromatic heterocycles. The van der Waals surface area contributed by atoms with Crippen LogP contribution in [-0.2, 0) is 14.6 Å². The molecule has 5 nitrogen and oxygen atoms in total. The number of Topliss-reactive ketones (excluding diaryl/α,β-unsaturated/α-hetero) is 1. The SMILES string of the molecule is COCCC(N)CC(=O)c1ccc(S(C)(=O)=O)cc1. The van der Waals surface area contributed by atoms with Crippen LogP contribution >= 0.6 is 0 Å². The summed E-state index contributed by atoms with van der Waals surface area (Å²) in [5.41, 5.74) is 6.27. The maximum Gasteiger partial charge on any atom is 0.175 e. The van der Waals surface area contributed by atoms with Gasteiger partial charge in [-0.15, -0.1) is 0 Å². The highest BCUT2D eigenvalue weighted by molar-refractivity contribution is 7.90. The molecule has 1 aromatic rings. The molecular formula is C13H19NO4S. The molecule has 1 aromatic carbocycles. The molecule has 2 N–H and O–H groups in total. The number of hydrogen-bond donors (Lipinski definition) is 1. The van der Waals surface area contributed by atoms with Crippen molar-refractivity contribution in [1.82, 2.24) is 0 Å². The van der Waals surface area contributed by atoms with Gasteiger partial charge in [0.2, 0.25) is 0 Å². The third-order valence-electron chi connectivity index (χ3n) is 2.74. The standard InChI is InChI=1S/C13H19NO4S/c1-18-8-7-11(14)9-13(15)10-3-5-12(6-4-10)19(2,16)17/h3-6,11H,7-9,14H2,1-2H3. The van der Waals surface area contributed by atoms with E-state index in [1.54, 1.807) is 7.11 Å². The predicted octanol–water partition coefficient (Wildman–Crippen LogP) is 1.03. The summed E-state index contributed by atoms with van der Waals surface area (Å²) in [7, 11) is -1.65. The lowest BCUT2D eigenvalue weighted by Crippen LogP contribution is -2.25. The average molecular weight is 285 g/mol. The zero-order valence-electron chi connectivity index (χ0n) is 11.1.